The highest BCUT2D eigenvalue weighted by Crippen LogP contribution is 2.16. The number of H-pyrrole nitrogens is 1. The maximum absolute atomic E-state index is 12.5. The van der Waals surface area contributed by atoms with Gasteiger partial charge in [0.15, 0.2) is 0 Å². The zero-order valence-corrected chi connectivity index (χ0v) is 14.9. The van der Waals surface area contributed by atoms with Gasteiger partial charge in [0.2, 0.25) is 5.91 Å². The van der Waals surface area contributed by atoms with Crippen LogP contribution in [0.4, 0.5) is 0 Å². The molecule has 134 valence electrons. The smallest absolute Gasteiger partial charge is 0.267 e. The molecule has 7 heteroatoms. The monoisotopic (exact) mass is 344 g/mol. The maximum Gasteiger partial charge on any atom is 0.267 e. The molecule has 25 heavy (non-hydrogen) atoms. The zero-order chi connectivity index (χ0) is 18.0. The minimum atomic E-state index is -0.0138. The van der Waals surface area contributed by atoms with Crippen molar-refractivity contribution in [2.24, 2.45) is 7.05 Å². The van der Waals surface area contributed by atoms with Gasteiger partial charge in [-0.3, -0.25) is 24.3 Å². The lowest BCUT2D eigenvalue weighted by molar-refractivity contribution is -0.131. The third kappa shape index (κ3) is 3.76. The number of amides is 1. The lowest BCUT2D eigenvalue weighted by atomic mass is 10.1. The van der Waals surface area contributed by atoms with Crippen LogP contribution in [-0.2, 0) is 31.4 Å². The molecule has 0 radical (unpaired) electrons. The van der Waals surface area contributed by atoms with Gasteiger partial charge in [0, 0.05) is 39.3 Å². The molecule has 0 spiro atoms. The molecule has 3 rings (SSSR count). The van der Waals surface area contributed by atoms with Crippen LogP contribution in [0, 0.1) is 0 Å². The minimum absolute atomic E-state index is 0.0138. The van der Waals surface area contributed by atoms with E-state index in [2.05, 4.69) is 10.00 Å². The summed E-state index contributed by atoms with van der Waals surface area (Å²) in [5.74, 6) is 0.874. The number of hydrogen-bond donors (Lipinski definition) is 1. The van der Waals surface area contributed by atoms with Crippen LogP contribution >= 0.6 is 0 Å². The number of carbonyl (C=O) groups excluding carboxylic acids is 1. The summed E-state index contributed by atoms with van der Waals surface area (Å²) >= 11 is 0. The fourth-order valence-corrected chi connectivity index (χ4v) is 3.18. The summed E-state index contributed by atoms with van der Waals surface area (Å²) in [7, 11) is 5.28. The van der Waals surface area contributed by atoms with E-state index in [0.717, 1.165) is 29.1 Å². The van der Waals surface area contributed by atoms with Gasteiger partial charge in [0.1, 0.15) is 5.75 Å². The Morgan fingerprint density at radius 3 is 2.72 bits per heavy atom. The Morgan fingerprint density at radius 2 is 2.04 bits per heavy atom. The van der Waals surface area contributed by atoms with E-state index in [0.29, 0.717) is 26.1 Å². The van der Waals surface area contributed by atoms with Crippen molar-refractivity contribution in [2.45, 2.75) is 19.5 Å². The topological polar surface area (TPSA) is 70.6 Å². The number of aryl methyl sites for hydroxylation is 1. The van der Waals surface area contributed by atoms with Crippen LogP contribution in [0.1, 0.15) is 16.8 Å². The van der Waals surface area contributed by atoms with Crippen molar-refractivity contribution in [3.8, 4) is 5.75 Å². The van der Waals surface area contributed by atoms with Crippen molar-refractivity contribution >= 4 is 5.91 Å². The lowest BCUT2D eigenvalue weighted by Crippen LogP contribution is -2.41. The van der Waals surface area contributed by atoms with Crippen LogP contribution in [0.3, 0.4) is 0 Å². The van der Waals surface area contributed by atoms with Gasteiger partial charge in [0.05, 0.1) is 19.3 Å². The van der Waals surface area contributed by atoms with Gasteiger partial charge in [0.25, 0.3) is 5.56 Å². The van der Waals surface area contributed by atoms with Gasteiger partial charge in [-0.2, -0.15) is 0 Å². The quantitative estimate of drug-likeness (QED) is 0.868. The first kappa shape index (κ1) is 17.3. The van der Waals surface area contributed by atoms with E-state index in [4.69, 9.17) is 4.74 Å². The normalized spacial score (nSPS) is 14.2. The summed E-state index contributed by atoms with van der Waals surface area (Å²) in [6.45, 7) is 2.25. The Morgan fingerprint density at radius 1 is 1.32 bits per heavy atom. The molecule has 1 N–H and O–H groups in total. The Balaban J connectivity index is 1.58. The summed E-state index contributed by atoms with van der Waals surface area (Å²) < 4.78 is 6.91. The second-order valence-corrected chi connectivity index (χ2v) is 6.48. The molecule has 0 saturated carbocycles. The third-order valence-electron chi connectivity index (χ3n) is 4.71. The summed E-state index contributed by atoms with van der Waals surface area (Å²) in [5, 5.41) is 2.79. The molecule has 1 aliphatic rings. The van der Waals surface area contributed by atoms with Crippen LogP contribution < -0.4 is 10.3 Å². The summed E-state index contributed by atoms with van der Waals surface area (Å²) in [5.41, 5.74) is 2.87. The van der Waals surface area contributed by atoms with Crippen LogP contribution in [0.2, 0.25) is 0 Å². The van der Waals surface area contributed by atoms with E-state index in [1.54, 1.807) is 16.7 Å². The molecule has 1 aliphatic heterocycles. The molecule has 7 nitrogen and oxygen atoms in total. The highest BCUT2D eigenvalue weighted by Gasteiger charge is 2.24. The van der Waals surface area contributed by atoms with Gasteiger partial charge in [-0.05, 0) is 24.1 Å². The van der Waals surface area contributed by atoms with Crippen LogP contribution in [0.5, 0.6) is 5.75 Å². The fourth-order valence-electron chi connectivity index (χ4n) is 3.18. The van der Waals surface area contributed by atoms with Crippen LogP contribution in [-0.4, -0.2) is 52.7 Å². The number of aromatic amines is 1. The fraction of sp³-hybridized carbons (Fsp3) is 0.444. The number of nitrogens with one attached hydrogen (secondary N) is 1. The highest BCUT2D eigenvalue weighted by molar-refractivity contribution is 5.78. The predicted molar refractivity (Wildman–Crippen MR) is 94.5 cm³/mol. The third-order valence-corrected chi connectivity index (χ3v) is 4.71. The molecule has 0 aliphatic carbocycles. The van der Waals surface area contributed by atoms with Crippen molar-refractivity contribution < 1.29 is 9.53 Å². The van der Waals surface area contributed by atoms with Crippen LogP contribution in [0.15, 0.2) is 29.1 Å². The van der Waals surface area contributed by atoms with Crippen molar-refractivity contribution in [3.05, 3.63) is 51.4 Å². The second kappa shape index (κ2) is 7.14. The van der Waals surface area contributed by atoms with E-state index in [1.807, 2.05) is 38.4 Å². The van der Waals surface area contributed by atoms with Crippen LogP contribution in [0.25, 0.3) is 0 Å². The molecular weight excluding hydrogens is 320 g/mol. The number of carbonyl (C=O) groups is 1. The maximum atomic E-state index is 12.5. The van der Waals surface area contributed by atoms with Crippen molar-refractivity contribution in [2.75, 3.05) is 27.2 Å². The molecule has 2 heterocycles. The predicted octanol–water partition coefficient (Wildman–Crippen LogP) is 0.739. The average molecular weight is 344 g/mol. The first-order valence-electron chi connectivity index (χ1n) is 8.34. The molecule has 1 amide bonds. The molecule has 2 aromatic rings. The lowest BCUT2D eigenvalue weighted by Gasteiger charge is -2.28. The summed E-state index contributed by atoms with van der Waals surface area (Å²) in [4.78, 5) is 28.1. The number of methoxy groups -OCH3 is 1. The number of benzene rings is 1. The molecule has 0 fully saturated rings. The van der Waals surface area contributed by atoms with E-state index in [9.17, 15) is 9.59 Å². The number of fused-ring (bicyclic) bond motifs is 1. The van der Waals surface area contributed by atoms with E-state index >= 15 is 0 Å². The molecule has 0 unspecified atom stereocenters. The minimum Gasteiger partial charge on any atom is -0.497 e. The van der Waals surface area contributed by atoms with Gasteiger partial charge in [-0.15, -0.1) is 0 Å². The number of likely N-dealkylation sites (N-methyl/N-ethyl adjacent to an activating group) is 1. The number of nitrogens with zero attached hydrogens (tertiary/aromatic N) is 3. The van der Waals surface area contributed by atoms with Gasteiger partial charge in [-0.1, -0.05) is 12.1 Å². The van der Waals surface area contributed by atoms with Gasteiger partial charge in [-0.25, -0.2) is 0 Å². The second-order valence-electron chi connectivity index (χ2n) is 6.48. The van der Waals surface area contributed by atoms with E-state index < -0.39 is 0 Å². The SMILES string of the molecule is COc1ccc(CN(C)C(=O)CN2CCc3c(n(C)[nH]c3=O)C2)cc1. The zero-order valence-electron chi connectivity index (χ0n) is 14.9. The molecule has 0 atom stereocenters. The van der Waals surface area contributed by atoms with Crippen molar-refractivity contribution in [1.29, 1.82) is 0 Å². The Bertz CT molecular complexity index is 807. The van der Waals surface area contributed by atoms with E-state index in [-0.39, 0.29) is 11.5 Å². The summed E-state index contributed by atoms with van der Waals surface area (Å²) in [6.07, 6.45) is 0.682. The largest absolute Gasteiger partial charge is 0.497 e. The molecule has 0 bridgehead atoms. The van der Waals surface area contributed by atoms with Crippen molar-refractivity contribution in [1.82, 2.24) is 19.6 Å². The average Bonchev–Trinajstić information content (AvgIpc) is 2.89. The van der Waals surface area contributed by atoms with Gasteiger partial charge < -0.3 is 9.64 Å². The van der Waals surface area contributed by atoms with Crippen molar-refractivity contribution in [3.63, 3.8) is 0 Å². The first-order chi connectivity index (χ1) is 12.0. The van der Waals surface area contributed by atoms with Gasteiger partial charge >= 0.3 is 0 Å². The Labute approximate surface area is 146 Å². The molecule has 1 aromatic carbocycles. The molecule has 1 aromatic heterocycles. The first-order valence-corrected chi connectivity index (χ1v) is 8.34. The number of rotatable bonds is 5. The summed E-state index contributed by atoms with van der Waals surface area (Å²) in [6, 6.07) is 7.72. The standard InChI is InChI=1S/C18H24N4O3/c1-20(10-13-4-6-14(25-3)7-5-13)17(23)12-22-9-8-15-16(11-22)21(2)19-18(15)24/h4-7H,8-12H2,1-3H3,(H,19,24). The molecule has 0 saturated heterocycles. The Hall–Kier alpha value is -2.54. The highest BCUT2D eigenvalue weighted by atomic mass is 16.5. The number of aromatic nitrogens is 2. The van der Waals surface area contributed by atoms with E-state index in [1.165, 1.54) is 0 Å². The number of ether oxygens (including phenoxy) is 1. The Kier molecular flexibility index (Phi) is 4.94. The number of hydrogen-bond acceptors (Lipinski definition) is 4. The molecular formula is C18H24N4O3.